The van der Waals surface area contributed by atoms with E-state index in [4.69, 9.17) is 34.3 Å². The van der Waals surface area contributed by atoms with E-state index in [1.165, 1.54) is 6.07 Å². The molecule has 18 heteroatoms. The number of benzene rings is 3. The summed E-state index contributed by atoms with van der Waals surface area (Å²) in [5.74, 6) is -1.05. The Bertz CT molecular complexity index is 2130. The number of hydrogen-bond donors (Lipinski definition) is 4. The van der Waals surface area contributed by atoms with Gasteiger partial charge in [0.05, 0.1) is 24.4 Å². The first kappa shape index (κ1) is 42.6. The van der Waals surface area contributed by atoms with Crippen LogP contribution in [0.4, 0.5) is 46.0 Å². The smallest absolute Gasteiger partial charge is 0.418 e. The molecule has 3 aliphatic rings. The predicted octanol–water partition coefficient (Wildman–Crippen LogP) is 6.85. The number of anilines is 5. The number of aryl methyl sites for hydroxylation is 1. The fraction of sp³-hybridized carbons (Fsp3) is 0.425. The minimum absolute atomic E-state index is 0.00439. The Balaban J connectivity index is 1.01. The second-order valence-corrected chi connectivity index (χ2v) is 16.0. The quantitative estimate of drug-likeness (QED) is 0.0661. The summed E-state index contributed by atoms with van der Waals surface area (Å²) in [4.78, 5) is 54.7. The van der Waals surface area contributed by atoms with Gasteiger partial charge in [-0.15, -0.1) is 0 Å². The maximum Gasteiger partial charge on any atom is 0.418 e. The minimum atomic E-state index is -4.73. The zero-order chi connectivity index (χ0) is 42.2. The van der Waals surface area contributed by atoms with E-state index in [0.717, 1.165) is 22.6 Å². The summed E-state index contributed by atoms with van der Waals surface area (Å²) in [5.41, 5.74) is 3.49. The minimum Gasteiger partial charge on any atom is -0.493 e. The Morgan fingerprint density at radius 3 is 2.40 bits per heavy atom. The first-order valence-electron chi connectivity index (χ1n) is 18.8. The first-order chi connectivity index (χ1) is 27.3. The topological polar surface area (TPSA) is 149 Å². The molecule has 3 aliphatic heterocycles. The van der Waals surface area contributed by atoms with Crippen molar-refractivity contribution in [3.63, 3.8) is 0 Å². The number of hydrogen-bond acceptors (Lipinski definition) is 9. The van der Waals surface area contributed by atoms with E-state index in [1.54, 1.807) is 55.1 Å². The van der Waals surface area contributed by atoms with Crippen molar-refractivity contribution in [1.82, 2.24) is 10.2 Å². The summed E-state index contributed by atoms with van der Waals surface area (Å²) in [6.45, 7) is 6.02. The lowest BCUT2D eigenvalue weighted by atomic mass is 9.90. The fourth-order valence-corrected chi connectivity index (χ4v) is 8.15. The number of carbonyl (C=O) groups is 4. The van der Waals surface area contributed by atoms with Crippen LogP contribution >= 0.6 is 23.8 Å². The number of ether oxygens (including phenoxy) is 1. The van der Waals surface area contributed by atoms with Gasteiger partial charge in [-0.3, -0.25) is 34.3 Å². The van der Waals surface area contributed by atoms with Gasteiger partial charge in [-0.05, 0) is 112 Å². The summed E-state index contributed by atoms with van der Waals surface area (Å²) >= 11 is 12.0. The van der Waals surface area contributed by atoms with E-state index in [9.17, 15) is 32.3 Å². The average Bonchev–Trinajstić information content (AvgIpc) is 3.32. The van der Waals surface area contributed by atoms with E-state index in [0.29, 0.717) is 53.8 Å². The molecule has 0 radical (unpaired) electrons. The van der Waals surface area contributed by atoms with E-state index in [-0.39, 0.29) is 61.4 Å². The molecule has 0 aromatic heterocycles. The van der Waals surface area contributed by atoms with Gasteiger partial charge in [-0.25, -0.2) is 4.39 Å². The summed E-state index contributed by atoms with van der Waals surface area (Å²) in [5, 5.41) is 8.50. The molecule has 4 amide bonds. The van der Waals surface area contributed by atoms with Crippen LogP contribution < -0.4 is 36.2 Å². The summed E-state index contributed by atoms with van der Waals surface area (Å²) in [6.07, 6.45) is -3.14. The second-order valence-electron chi connectivity index (χ2n) is 15.2. The van der Waals surface area contributed by atoms with Gasteiger partial charge in [0.2, 0.25) is 17.7 Å². The number of halogens is 5. The summed E-state index contributed by atoms with van der Waals surface area (Å²) < 4.78 is 63.0. The van der Waals surface area contributed by atoms with Crippen molar-refractivity contribution in [2.75, 3.05) is 52.4 Å². The van der Waals surface area contributed by atoms with Crippen molar-refractivity contribution in [1.29, 1.82) is 0 Å². The number of rotatable bonds is 12. The molecule has 1 unspecified atom stereocenters. The Kier molecular flexibility index (Phi) is 12.3. The van der Waals surface area contributed by atoms with Gasteiger partial charge in [0.15, 0.2) is 5.11 Å². The van der Waals surface area contributed by atoms with Gasteiger partial charge >= 0.3 is 6.18 Å². The molecule has 3 aromatic carbocycles. The highest BCUT2D eigenvalue weighted by Crippen LogP contribution is 2.41. The van der Waals surface area contributed by atoms with Gasteiger partial charge in [-0.2, -0.15) is 13.2 Å². The van der Waals surface area contributed by atoms with Crippen molar-refractivity contribution in [2.24, 2.45) is 0 Å². The largest absolute Gasteiger partial charge is 0.493 e. The van der Waals surface area contributed by atoms with Gasteiger partial charge < -0.3 is 26.0 Å². The molecule has 12 nitrogen and oxygen atoms in total. The van der Waals surface area contributed by atoms with Crippen LogP contribution in [0.3, 0.4) is 0 Å². The molecule has 3 heterocycles. The molecule has 3 saturated heterocycles. The Morgan fingerprint density at radius 2 is 1.72 bits per heavy atom. The molecule has 5 N–H and O–H groups in total. The molecule has 1 atom stereocenters. The number of piperidine rings is 2. The number of alkyl halides is 4. The van der Waals surface area contributed by atoms with Crippen LogP contribution in [0.25, 0.3) is 0 Å². The molecule has 3 aromatic rings. The molecule has 0 bridgehead atoms. The molecular formula is C40H44ClF4N7O5S. The molecule has 310 valence electrons. The average molecular weight is 846 g/mol. The lowest BCUT2D eigenvalue weighted by Gasteiger charge is -2.36. The van der Waals surface area contributed by atoms with Crippen molar-refractivity contribution in [2.45, 2.75) is 82.7 Å². The monoisotopic (exact) mass is 845 g/mol. The van der Waals surface area contributed by atoms with Crippen LogP contribution in [0.2, 0.25) is 5.02 Å². The number of nitrogens with zero attached hydrogens (tertiary/aromatic N) is 3. The van der Waals surface area contributed by atoms with Gasteiger partial charge in [-0.1, -0.05) is 18.5 Å². The lowest BCUT2D eigenvalue weighted by Crippen LogP contribution is -2.47. The predicted molar refractivity (Wildman–Crippen MR) is 218 cm³/mol. The van der Waals surface area contributed by atoms with E-state index < -0.39 is 46.5 Å². The van der Waals surface area contributed by atoms with Gasteiger partial charge in [0, 0.05) is 53.7 Å². The van der Waals surface area contributed by atoms with Gasteiger partial charge in [0.25, 0.3) is 5.91 Å². The zero-order valence-electron chi connectivity index (χ0n) is 32.1. The maximum absolute atomic E-state index is 16.0. The molecule has 0 spiro atoms. The van der Waals surface area contributed by atoms with Crippen LogP contribution in [0.1, 0.15) is 64.0 Å². The van der Waals surface area contributed by atoms with Crippen LogP contribution in [-0.2, 0) is 31.8 Å². The normalized spacial score (nSPS) is 19.6. The molecule has 6 rings (SSSR count). The lowest BCUT2D eigenvalue weighted by molar-refractivity contribution is -0.137. The number of nitrogen functional groups attached to an aromatic ring is 1. The highest BCUT2D eigenvalue weighted by atomic mass is 35.5. The van der Waals surface area contributed by atoms with Crippen molar-refractivity contribution >= 4 is 81.0 Å². The highest BCUT2D eigenvalue weighted by Gasteiger charge is 2.51. The molecular weight excluding hydrogens is 802 g/mol. The van der Waals surface area contributed by atoms with E-state index in [2.05, 4.69) is 16.0 Å². The fourth-order valence-electron chi connectivity index (χ4n) is 7.39. The van der Waals surface area contributed by atoms with Crippen LogP contribution in [-0.4, -0.2) is 77.1 Å². The van der Waals surface area contributed by atoms with Crippen molar-refractivity contribution in [3.8, 4) is 5.75 Å². The Labute approximate surface area is 343 Å². The SMILES string of the molecule is CCc1cc(N2C(=S)N(c3ccc(N)c(C(F)(F)F)c3)C(=O)C2(C)C)ccc1OCCC1(F)CCN(CC(=O)Nc2cc(Cl)cc(NC3CCC(=O)NC3=O)c2)CC1. The number of imide groups is 1. The number of amides is 4. The van der Waals surface area contributed by atoms with Crippen molar-refractivity contribution < 1.29 is 41.5 Å². The third kappa shape index (κ3) is 9.31. The number of thiocarbonyl (C=S) groups is 1. The third-order valence-corrected chi connectivity index (χ3v) is 11.2. The second kappa shape index (κ2) is 16.7. The van der Waals surface area contributed by atoms with Crippen molar-refractivity contribution in [3.05, 3.63) is 70.7 Å². The number of likely N-dealkylation sites (tertiary alicyclic amines) is 1. The van der Waals surface area contributed by atoms with Crippen LogP contribution in [0.15, 0.2) is 54.6 Å². The molecule has 58 heavy (non-hydrogen) atoms. The van der Waals surface area contributed by atoms with Crippen LogP contribution in [0.5, 0.6) is 5.75 Å². The Morgan fingerprint density at radius 1 is 1.03 bits per heavy atom. The third-order valence-electron chi connectivity index (χ3n) is 10.6. The maximum atomic E-state index is 16.0. The van der Waals surface area contributed by atoms with Gasteiger partial charge in [0.1, 0.15) is 23.0 Å². The number of nitrogens with one attached hydrogen (secondary N) is 3. The highest BCUT2D eigenvalue weighted by molar-refractivity contribution is 7.81. The number of nitrogens with two attached hydrogens (primary N) is 1. The molecule has 0 aliphatic carbocycles. The number of carbonyl (C=O) groups excluding carboxylic acids is 4. The van der Waals surface area contributed by atoms with Crippen LogP contribution in [0, 0.1) is 0 Å². The first-order valence-corrected chi connectivity index (χ1v) is 19.6. The van der Waals surface area contributed by atoms with E-state index >= 15 is 4.39 Å². The molecule has 0 saturated carbocycles. The zero-order valence-corrected chi connectivity index (χ0v) is 33.7. The summed E-state index contributed by atoms with van der Waals surface area (Å²) in [7, 11) is 0. The van der Waals surface area contributed by atoms with E-state index in [1.807, 2.05) is 11.8 Å². The standard InChI is InChI=1S/C40H44ClF4N7O5S/c1-4-23-17-28(52-37(58)51(36(56)38(52,2)3)27-5-7-30(46)29(21-27)40(43,44)45)6-9-32(23)57-16-13-39(42)11-14-50(15-12-39)22-34(54)48-26-19-24(41)18-25(20-26)47-31-8-10-33(53)49-35(31)55/h5-7,9,17-21,31,47H,4,8,10-16,22,46H2,1-3H3,(H,48,54)(H,49,53,55). The molecule has 3 fully saturated rings. The Hall–Kier alpha value is -5.00. The summed E-state index contributed by atoms with van der Waals surface area (Å²) in [6, 6.07) is 12.7.